The summed E-state index contributed by atoms with van der Waals surface area (Å²) in [5, 5.41) is 8.01. The molecule has 0 unspecified atom stereocenters. The monoisotopic (exact) mass is 152 g/mol. The number of carboxylic acids is 1. The molecule has 3 radical (unpaired) electrons. The van der Waals surface area contributed by atoms with Gasteiger partial charge in [-0.15, -0.1) is 0 Å². The summed E-state index contributed by atoms with van der Waals surface area (Å²) >= 11 is 3.65. The molecule has 0 bridgehead atoms. The largest absolute Gasteiger partial charge is 0.480 e. The standard InChI is InChI=1S/C3H7NO2S.P/c4-2(1-7)3(5)6;/h2,7H,1,4H2,(H,5,6);/t2-;/m0./s1. The third kappa shape index (κ3) is 4.37. The summed E-state index contributed by atoms with van der Waals surface area (Å²) in [6.45, 7) is 0. The number of hydrogen-bond acceptors (Lipinski definition) is 3. The van der Waals surface area contributed by atoms with Crippen LogP contribution in [0.15, 0.2) is 0 Å². The second-order valence-electron chi connectivity index (χ2n) is 1.13. The van der Waals surface area contributed by atoms with Crippen molar-refractivity contribution in [1.82, 2.24) is 0 Å². The number of thiol groups is 1. The predicted octanol–water partition coefficient (Wildman–Crippen LogP) is 0.189. The molecule has 0 amide bonds. The van der Waals surface area contributed by atoms with E-state index in [1.165, 1.54) is 0 Å². The van der Waals surface area contributed by atoms with Crippen LogP contribution in [0.4, 0.5) is 0 Å². The Morgan fingerprint density at radius 3 is 2.25 bits per heavy atom. The Labute approximate surface area is 56.7 Å². The lowest BCUT2D eigenvalue weighted by Gasteiger charge is -1.96. The van der Waals surface area contributed by atoms with E-state index in [-0.39, 0.29) is 15.7 Å². The maximum absolute atomic E-state index is 9.76. The van der Waals surface area contributed by atoms with Crippen LogP contribution in [0.25, 0.3) is 0 Å². The van der Waals surface area contributed by atoms with E-state index in [9.17, 15) is 4.79 Å². The van der Waals surface area contributed by atoms with Crippen LogP contribution < -0.4 is 5.73 Å². The fourth-order valence-corrected chi connectivity index (χ4v) is 0.234. The van der Waals surface area contributed by atoms with E-state index < -0.39 is 12.0 Å². The Bertz CT molecular complexity index is 79.7. The van der Waals surface area contributed by atoms with Gasteiger partial charge in [0.2, 0.25) is 0 Å². The molecule has 8 heavy (non-hydrogen) atoms. The van der Waals surface area contributed by atoms with Gasteiger partial charge in [0.1, 0.15) is 6.04 Å². The van der Waals surface area contributed by atoms with Crippen LogP contribution in [0.3, 0.4) is 0 Å². The zero-order valence-corrected chi connectivity index (χ0v) is 5.90. The molecule has 0 aliphatic rings. The first-order valence-corrected chi connectivity index (χ1v) is 2.41. The normalized spacial score (nSPS) is 11.8. The topological polar surface area (TPSA) is 63.3 Å². The lowest BCUT2D eigenvalue weighted by Crippen LogP contribution is -2.31. The quantitative estimate of drug-likeness (QED) is 0.391. The van der Waals surface area contributed by atoms with E-state index in [0.29, 0.717) is 0 Å². The van der Waals surface area contributed by atoms with Gasteiger partial charge in [0.05, 0.1) is 0 Å². The highest BCUT2D eigenvalue weighted by Crippen LogP contribution is 1.80. The molecular formula is C3H7NO2PS. The summed E-state index contributed by atoms with van der Waals surface area (Å²) in [6, 6.07) is -0.816. The highest BCUT2D eigenvalue weighted by Gasteiger charge is 2.06. The third-order valence-electron chi connectivity index (χ3n) is 0.514. The summed E-state index contributed by atoms with van der Waals surface area (Å²) in [5.41, 5.74) is 4.94. The highest BCUT2D eigenvalue weighted by molar-refractivity contribution is 7.80. The van der Waals surface area contributed by atoms with E-state index in [4.69, 9.17) is 10.8 Å². The smallest absolute Gasteiger partial charge is 0.321 e. The minimum Gasteiger partial charge on any atom is -0.480 e. The van der Waals surface area contributed by atoms with E-state index in [1.807, 2.05) is 0 Å². The Balaban J connectivity index is 0. The lowest BCUT2D eigenvalue weighted by molar-refractivity contribution is -0.137. The molecule has 0 aromatic heterocycles. The molecule has 0 aliphatic carbocycles. The third-order valence-corrected chi connectivity index (χ3v) is 0.907. The Morgan fingerprint density at radius 1 is 1.88 bits per heavy atom. The average molecular weight is 152 g/mol. The molecule has 0 aromatic carbocycles. The zero-order chi connectivity index (χ0) is 5.86. The minimum absolute atomic E-state index is 0. The summed E-state index contributed by atoms with van der Waals surface area (Å²) in [4.78, 5) is 9.76. The van der Waals surface area contributed by atoms with Gasteiger partial charge in [-0.3, -0.25) is 4.79 Å². The Hall–Kier alpha value is 0.210. The van der Waals surface area contributed by atoms with Gasteiger partial charge >= 0.3 is 5.97 Å². The Morgan fingerprint density at radius 2 is 2.25 bits per heavy atom. The van der Waals surface area contributed by atoms with Crippen molar-refractivity contribution in [3.63, 3.8) is 0 Å². The fraction of sp³-hybridized carbons (Fsp3) is 0.667. The van der Waals surface area contributed by atoms with Crippen molar-refractivity contribution in [2.75, 3.05) is 5.75 Å². The predicted molar refractivity (Wildman–Crippen MR) is 36.4 cm³/mol. The fourth-order valence-electron chi connectivity index (χ4n) is 0.0781. The summed E-state index contributed by atoms with van der Waals surface area (Å²) in [7, 11) is 0. The van der Waals surface area contributed by atoms with Gasteiger partial charge in [-0.2, -0.15) is 12.6 Å². The number of hydrogen-bond donors (Lipinski definition) is 3. The Kier molecular flexibility index (Phi) is 7.40. The number of aliphatic carboxylic acids is 1. The van der Waals surface area contributed by atoms with Gasteiger partial charge in [0, 0.05) is 15.7 Å². The van der Waals surface area contributed by atoms with Crippen molar-refractivity contribution in [2.24, 2.45) is 5.73 Å². The first-order chi connectivity index (χ1) is 3.18. The van der Waals surface area contributed by atoms with Gasteiger partial charge in [-0.1, -0.05) is 0 Å². The van der Waals surface area contributed by atoms with Crippen molar-refractivity contribution < 1.29 is 9.90 Å². The second-order valence-corrected chi connectivity index (χ2v) is 1.49. The average Bonchev–Trinajstić information content (AvgIpc) is 1.65. The van der Waals surface area contributed by atoms with Crippen LogP contribution in [0.2, 0.25) is 0 Å². The minimum atomic E-state index is -1.00. The van der Waals surface area contributed by atoms with Gasteiger partial charge in [-0.05, 0) is 0 Å². The second kappa shape index (κ2) is 5.35. The van der Waals surface area contributed by atoms with E-state index in [2.05, 4.69) is 12.6 Å². The summed E-state index contributed by atoms with van der Waals surface area (Å²) < 4.78 is 0. The first-order valence-electron chi connectivity index (χ1n) is 1.77. The molecule has 0 rings (SSSR count). The van der Waals surface area contributed by atoms with E-state index >= 15 is 0 Å². The molecule has 0 spiro atoms. The SMILES string of the molecule is N[C@@H](CS)C(=O)O.[P]. The zero-order valence-electron chi connectivity index (χ0n) is 4.11. The van der Waals surface area contributed by atoms with Crippen LogP contribution in [0.5, 0.6) is 0 Å². The molecule has 1 atom stereocenters. The van der Waals surface area contributed by atoms with Crippen LogP contribution in [0.1, 0.15) is 0 Å². The van der Waals surface area contributed by atoms with Crippen molar-refractivity contribution in [2.45, 2.75) is 6.04 Å². The molecule has 0 aliphatic heterocycles. The number of carboxylic acid groups (broad SMARTS) is 1. The van der Waals surface area contributed by atoms with Crippen molar-refractivity contribution in [3.05, 3.63) is 0 Å². The van der Waals surface area contributed by atoms with Crippen molar-refractivity contribution >= 4 is 28.5 Å². The molecule has 0 fully saturated rings. The number of carbonyl (C=O) groups is 1. The summed E-state index contributed by atoms with van der Waals surface area (Å²) in [6.07, 6.45) is 0. The van der Waals surface area contributed by atoms with Crippen molar-refractivity contribution in [1.29, 1.82) is 0 Å². The molecule has 0 saturated carbocycles. The maximum atomic E-state index is 9.76. The number of nitrogens with two attached hydrogens (primary N) is 1. The molecule has 3 N–H and O–H groups in total. The maximum Gasteiger partial charge on any atom is 0.321 e. The van der Waals surface area contributed by atoms with Crippen LogP contribution in [-0.4, -0.2) is 22.9 Å². The van der Waals surface area contributed by atoms with Gasteiger partial charge in [0.25, 0.3) is 0 Å². The van der Waals surface area contributed by atoms with Crippen LogP contribution >= 0.6 is 22.5 Å². The molecule has 0 heterocycles. The first kappa shape index (κ1) is 11.1. The van der Waals surface area contributed by atoms with Crippen LogP contribution in [-0.2, 0) is 4.79 Å². The highest BCUT2D eigenvalue weighted by atomic mass is 32.1. The molecule has 3 nitrogen and oxygen atoms in total. The molecule has 0 saturated heterocycles. The molecule has 0 aromatic rings. The van der Waals surface area contributed by atoms with E-state index in [1.54, 1.807) is 0 Å². The van der Waals surface area contributed by atoms with Gasteiger partial charge < -0.3 is 10.8 Å². The molecular weight excluding hydrogens is 145 g/mol. The van der Waals surface area contributed by atoms with E-state index in [0.717, 1.165) is 0 Å². The number of rotatable bonds is 2. The molecule has 5 heteroatoms. The summed E-state index contributed by atoms with van der Waals surface area (Å²) in [5.74, 6) is -0.815. The van der Waals surface area contributed by atoms with Crippen molar-refractivity contribution in [3.8, 4) is 0 Å². The van der Waals surface area contributed by atoms with Crippen LogP contribution in [0, 0.1) is 0 Å². The van der Waals surface area contributed by atoms with Gasteiger partial charge in [0.15, 0.2) is 0 Å². The molecule has 47 valence electrons. The lowest BCUT2D eigenvalue weighted by atomic mass is 10.4. The van der Waals surface area contributed by atoms with Gasteiger partial charge in [-0.25, -0.2) is 0 Å².